The molecule has 3 N–H and O–H groups in total. The molecular weight excluding hydrogens is 326 g/mol. The number of aliphatic imine (C=N–C) groups is 1. The second-order valence-corrected chi connectivity index (χ2v) is 7.97. The second kappa shape index (κ2) is 11.4. The first-order valence-electron chi connectivity index (χ1n) is 10.7. The number of carbonyl (C=O) groups is 1. The van der Waals surface area contributed by atoms with E-state index < -0.39 is 0 Å². The number of likely N-dealkylation sites (tertiary alicyclic amines) is 1. The van der Waals surface area contributed by atoms with Gasteiger partial charge in [0.1, 0.15) is 0 Å². The van der Waals surface area contributed by atoms with Crippen LogP contribution < -0.4 is 16.0 Å². The van der Waals surface area contributed by atoms with Crippen LogP contribution in [0.5, 0.6) is 0 Å². The van der Waals surface area contributed by atoms with Gasteiger partial charge in [0.25, 0.3) is 0 Å². The topological polar surface area (TPSA) is 68.8 Å². The van der Waals surface area contributed by atoms with Crippen LogP contribution in [0.15, 0.2) is 4.99 Å². The number of nitrogens with zero attached hydrogens (tertiary/aromatic N) is 2. The van der Waals surface area contributed by atoms with Crippen molar-refractivity contribution in [1.82, 2.24) is 20.9 Å². The molecule has 1 heterocycles. The van der Waals surface area contributed by atoms with E-state index >= 15 is 0 Å². The highest BCUT2D eigenvalue weighted by Crippen LogP contribution is 2.28. The quantitative estimate of drug-likeness (QED) is 0.332. The second-order valence-electron chi connectivity index (χ2n) is 7.97. The SMILES string of the molecule is CCNC(=NCC(C(C)C)N1CCCCCC1)NCCNC(=O)C1CC1. The van der Waals surface area contributed by atoms with Crippen LogP contribution in [0.2, 0.25) is 0 Å². The molecule has 0 aromatic rings. The van der Waals surface area contributed by atoms with Crippen LogP contribution in [-0.2, 0) is 4.79 Å². The summed E-state index contributed by atoms with van der Waals surface area (Å²) in [7, 11) is 0. The van der Waals surface area contributed by atoms with Crippen molar-refractivity contribution in [3.8, 4) is 0 Å². The van der Waals surface area contributed by atoms with Crippen LogP contribution >= 0.6 is 0 Å². The highest BCUT2D eigenvalue weighted by Gasteiger charge is 2.29. The Morgan fingerprint density at radius 1 is 1.04 bits per heavy atom. The highest BCUT2D eigenvalue weighted by atomic mass is 16.2. The van der Waals surface area contributed by atoms with Crippen molar-refractivity contribution in [2.24, 2.45) is 16.8 Å². The lowest BCUT2D eigenvalue weighted by Gasteiger charge is -2.32. The van der Waals surface area contributed by atoms with Crippen molar-refractivity contribution in [3.63, 3.8) is 0 Å². The van der Waals surface area contributed by atoms with E-state index in [1.165, 1.54) is 38.8 Å². The van der Waals surface area contributed by atoms with E-state index in [9.17, 15) is 4.79 Å². The lowest BCUT2D eigenvalue weighted by Crippen LogP contribution is -2.45. The summed E-state index contributed by atoms with van der Waals surface area (Å²) >= 11 is 0. The predicted molar refractivity (Wildman–Crippen MR) is 108 cm³/mol. The number of guanidine groups is 1. The third-order valence-corrected chi connectivity index (χ3v) is 5.32. The monoisotopic (exact) mass is 365 g/mol. The third-order valence-electron chi connectivity index (χ3n) is 5.32. The van der Waals surface area contributed by atoms with Crippen LogP contribution in [0.4, 0.5) is 0 Å². The molecule has 0 bridgehead atoms. The van der Waals surface area contributed by atoms with Gasteiger partial charge in [-0.25, -0.2) is 0 Å². The fraction of sp³-hybridized carbons (Fsp3) is 0.900. The summed E-state index contributed by atoms with van der Waals surface area (Å²) in [6, 6.07) is 0.498. The molecule has 26 heavy (non-hydrogen) atoms. The minimum Gasteiger partial charge on any atom is -0.357 e. The molecule has 2 fully saturated rings. The highest BCUT2D eigenvalue weighted by molar-refractivity contribution is 5.81. The molecule has 1 saturated carbocycles. The van der Waals surface area contributed by atoms with Gasteiger partial charge in [-0.1, -0.05) is 26.7 Å². The summed E-state index contributed by atoms with van der Waals surface area (Å²) in [6.07, 6.45) is 7.45. The summed E-state index contributed by atoms with van der Waals surface area (Å²) in [4.78, 5) is 19.2. The first kappa shape index (κ1) is 21.0. The Hall–Kier alpha value is -1.30. The Morgan fingerprint density at radius 3 is 2.27 bits per heavy atom. The van der Waals surface area contributed by atoms with E-state index in [1.54, 1.807) is 0 Å². The molecular formula is C20H39N5O. The minimum absolute atomic E-state index is 0.203. The van der Waals surface area contributed by atoms with E-state index in [0.717, 1.165) is 31.9 Å². The smallest absolute Gasteiger partial charge is 0.223 e. The molecule has 1 aliphatic carbocycles. The fourth-order valence-electron chi connectivity index (χ4n) is 3.56. The molecule has 6 nitrogen and oxygen atoms in total. The van der Waals surface area contributed by atoms with Crippen LogP contribution in [0.3, 0.4) is 0 Å². The molecule has 0 spiro atoms. The maximum atomic E-state index is 11.7. The molecule has 1 unspecified atom stereocenters. The van der Waals surface area contributed by atoms with Gasteiger partial charge in [-0.2, -0.15) is 0 Å². The van der Waals surface area contributed by atoms with Gasteiger partial charge >= 0.3 is 0 Å². The molecule has 1 amide bonds. The van der Waals surface area contributed by atoms with Crippen molar-refractivity contribution in [2.75, 3.05) is 39.3 Å². The summed E-state index contributed by atoms with van der Waals surface area (Å²) in [5.74, 6) is 1.93. The van der Waals surface area contributed by atoms with Gasteiger partial charge in [0.05, 0.1) is 6.54 Å². The Labute approximate surface area is 159 Å². The van der Waals surface area contributed by atoms with Crippen LogP contribution in [0.25, 0.3) is 0 Å². The van der Waals surface area contributed by atoms with Crippen LogP contribution in [0, 0.1) is 11.8 Å². The predicted octanol–water partition coefficient (Wildman–Crippen LogP) is 1.97. The molecule has 150 valence electrons. The lowest BCUT2D eigenvalue weighted by atomic mass is 10.0. The number of hydrogen-bond donors (Lipinski definition) is 3. The van der Waals surface area contributed by atoms with Crippen molar-refractivity contribution < 1.29 is 4.79 Å². The van der Waals surface area contributed by atoms with Crippen molar-refractivity contribution >= 4 is 11.9 Å². The largest absolute Gasteiger partial charge is 0.357 e. The molecule has 1 aliphatic heterocycles. The molecule has 1 atom stereocenters. The van der Waals surface area contributed by atoms with E-state index in [4.69, 9.17) is 4.99 Å². The maximum Gasteiger partial charge on any atom is 0.223 e. The zero-order valence-corrected chi connectivity index (χ0v) is 17.0. The summed E-state index contributed by atoms with van der Waals surface area (Å²) in [6.45, 7) is 12.1. The Kier molecular flexibility index (Phi) is 9.23. The van der Waals surface area contributed by atoms with Gasteiger partial charge in [-0.15, -0.1) is 0 Å². The van der Waals surface area contributed by atoms with E-state index in [-0.39, 0.29) is 11.8 Å². The summed E-state index contributed by atoms with van der Waals surface area (Å²) in [5.41, 5.74) is 0. The molecule has 0 radical (unpaired) electrons. The van der Waals surface area contributed by atoms with Gasteiger partial charge in [-0.3, -0.25) is 14.7 Å². The lowest BCUT2D eigenvalue weighted by molar-refractivity contribution is -0.122. The standard InChI is InChI=1S/C20H39N5O/c1-4-21-20(23-12-11-22-19(26)17-9-10-17)24-15-18(16(2)3)25-13-7-5-6-8-14-25/h16-18H,4-15H2,1-3H3,(H,22,26)(H2,21,23,24). The first-order chi connectivity index (χ1) is 12.6. The molecule has 1 saturated heterocycles. The number of nitrogens with one attached hydrogen (secondary N) is 3. The van der Waals surface area contributed by atoms with Gasteiger partial charge < -0.3 is 16.0 Å². The van der Waals surface area contributed by atoms with Gasteiger partial charge in [0, 0.05) is 31.6 Å². The molecule has 0 aromatic heterocycles. The maximum absolute atomic E-state index is 11.7. The molecule has 0 aromatic carbocycles. The van der Waals surface area contributed by atoms with Crippen LogP contribution in [-0.4, -0.2) is 62.1 Å². The van der Waals surface area contributed by atoms with E-state index in [1.807, 2.05) is 0 Å². The zero-order chi connectivity index (χ0) is 18.8. The first-order valence-corrected chi connectivity index (χ1v) is 10.7. The fourth-order valence-corrected chi connectivity index (χ4v) is 3.56. The number of rotatable bonds is 9. The van der Waals surface area contributed by atoms with E-state index in [2.05, 4.69) is 41.6 Å². The van der Waals surface area contributed by atoms with Gasteiger partial charge in [0.15, 0.2) is 5.96 Å². The van der Waals surface area contributed by atoms with Gasteiger partial charge in [0.2, 0.25) is 5.91 Å². The van der Waals surface area contributed by atoms with Crippen molar-refractivity contribution in [1.29, 1.82) is 0 Å². The average Bonchev–Trinajstić information content (AvgIpc) is 3.45. The molecule has 6 heteroatoms. The molecule has 2 rings (SSSR count). The summed E-state index contributed by atoms with van der Waals surface area (Å²) < 4.78 is 0. The normalized spacial score (nSPS) is 20.5. The van der Waals surface area contributed by atoms with E-state index in [0.29, 0.717) is 25.0 Å². The number of amides is 1. The Balaban J connectivity index is 1.80. The molecule has 2 aliphatic rings. The zero-order valence-electron chi connectivity index (χ0n) is 17.0. The minimum atomic E-state index is 0.203. The van der Waals surface area contributed by atoms with Gasteiger partial charge in [-0.05, 0) is 51.6 Å². The van der Waals surface area contributed by atoms with Crippen LogP contribution in [0.1, 0.15) is 59.3 Å². The average molecular weight is 366 g/mol. The van der Waals surface area contributed by atoms with Crippen molar-refractivity contribution in [2.45, 2.75) is 65.3 Å². The third kappa shape index (κ3) is 7.52. The number of carbonyl (C=O) groups excluding carboxylic acids is 1. The van der Waals surface area contributed by atoms with Crippen molar-refractivity contribution in [3.05, 3.63) is 0 Å². The number of hydrogen-bond acceptors (Lipinski definition) is 3. The Bertz CT molecular complexity index is 439. The Morgan fingerprint density at radius 2 is 1.69 bits per heavy atom. The summed E-state index contributed by atoms with van der Waals surface area (Å²) in [5, 5.41) is 9.67.